The largest absolute Gasteiger partial charge is 0.464 e. The van der Waals surface area contributed by atoms with E-state index in [9.17, 15) is 4.79 Å². The molecular weight excluding hydrogens is 332 g/mol. The number of hydrogen-bond acceptors (Lipinski definition) is 5. The van der Waals surface area contributed by atoms with E-state index in [0.717, 1.165) is 22.3 Å². The number of furan rings is 1. The molecule has 132 valence electrons. The molecule has 0 aliphatic rings. The van der Waals surface area contributed by atoms with Crippen LogP contribution >= 0.6 is 0 Å². The van der Waals surface area contributed by atoms with Crippen LogP contribution in [0.15, 0.2) is 51.5 Å². The van der Waals surface area contributed by atoms with Crippen molar-refractivity contribution in [2.45, 2.75) is 20.4 Å². The van der Waals surface area contributed by atoms with E-state index in [1.165, 1.54) is 7.11 Å². The summed E-state index contributed by atoms with van der Waals surface area (Å²) in [4.78, 5) is 16.8. The predicted octanol–water partition coefficient (Wildman–Crippen LogP) is 4.34. The normalized spacial score (nSPS) is 11.2. The highest BCUT2D eigenvalue weighted by atomic mass is 16.5. The van der Waals surface area contributed by atoms with E-state index in [2.05, 4.69) is 4.98 Å². The summed E-state index contributed by atoms with van der Waals surface area (Å²) in [6.45, 7) is 4.28. The fourth-order valence-corrected chi connectivity index (χ4v) is 3.07. The SMILES string of the molecule is COC(=O)c1cc2occc2n1Cc1nc(-c2ccccc2C)oc1C. The van der Waals surface area contributed by atoms with Gasteiger partial charge in [0.15, 0.2) is 5.58 Å². The van der Waals surface area contributed by atoms with Gasteiger partial charge < -0.3 is 18.1 Å². The molecule has 0 aliphatic heterocycles. The lowest BCUT2D eigenvalue weighted by Crippen LogP contribution is -2.12. The van der Waals surface area contributed by atoms with Crippen molar-refractivity contribution in [2.24, 2.45) is 0 Å². The van der Waals surface area contributed by atoms with Gasteiger partial charge in [0.05, 0.1) is 25.4 Å². The fourth-order valence-electron chi connectivity index (χ4n) is 3.07. The zero-order valence-electron chi connectivity index (χ0n) is 14.8. The molecule has 0 aliphatic carbocycles. The third-order valence-electron chi connectivity index (χ3n) is 4.49. The number of oxazole rings is 1. The Morgan fingerprint density at radius 1 is 1.23 bits per heavy atom. The lowest BCUT2D eigenvalue weighted by Gasteiger charge is -2.07. The van der Waals surface area contributed by atoms with E-state index in [1.807, 2.05) is 48.7 Å². The molecular formula is C20H18N2O4. The van der Waals surface area contributed by atoms with Crippen molar-refractivity contribution in [3.63, 3.8) is 0 Å². The van der Waals surface area contributed by atoms with Gasteiger partial charge in [-0.05, 0) is 25.5 Å². The Kier molecular flexibility index (Phi) is 3.88. The van der Waals surface area contributed by atoms with Crippen LogP contribution in [0.2, 0.25) is 0 Å². The van der Waals surface area contributed by atoms with Crippen molar-refractivity contribution >= 4 is 17.1 Å². The average Bonchev–Trinajstić information content (AvgIpc) is 3.31. The first-order valence-corrected chi connectivity index (χ1v) is 8.26. The molecule has 0 saturated heterocycles. The van der Waals surface area contributed by atoms with E-state index < -0.39 is 5.97 Å². The fraction of sp³-hybridized carbons (Fsp3) is 0.200. The second-order valence-electron chi connectivity index (χ2n) is 6.11. The lowest BCUT2D eigenvalue weighted by molar-refractivity contribution is 0.0589. The van der Waals surface area contributed by atoms with Crippen LogP contribution in [-0.4, -0.2) is 22.6 Å². The summed E-state index contributed by atoms with van der Waals surface area (Å²) >= 11 is 0. The van der Waals surface area contributed by atoms with Gasteiger partial charge in [-0.1, -0.05) is 18.2 Å². The van der Waals surface area contributed by atoms with Gasteiger partial charge in [-0.15, -0.1) is 0 Å². The summed E-state index contributed by atoms with van der Waals surface area (Å²) in [5.74, 6) is 0.868. The van der Waals surface area contributed by atoms with Crippen LogP contribution in [0.5, 0.6) is 0 Å². The van der Waals surface area contributed by atoms with Gasteiger partial charge >= 0.3 is 5.97 Å². The molecule has 4 rings (SSSR count). The smallest absolute Gasteiger partial charge is 0.354 e. The van der Waals surface area contributed by atoms with Gasteiger partial charge in [-0.2, -0.15) is 0 Å². The standard InChI is InChI=1S/C20H18N2O4/c1-12-6-4-5-7-14(12)19-21-15(13(2)26-19)11-22-16-8-9-25-18(16)10-17(22)20(23)24-3/h4-10H,11H2,1-3H3. The average molecular weight is 350 g/mol. The Morgan fingerprint density at radius 3 is 2.81 bits per heavy atom. The lowest BCUT2D eigenvalue weighted by atomic mass is 10.1. The van der Waals surface area contributed by atoms with Crippen LogP contribution in [0.1, 0.15) is 27.5 Å². The van der Waals surface area contributed by atoms with Gasteiger partial charge in [0, 0.05) is 17.7 Å². The molecule has 0 saturated carbocycles. The number of carbonyl (C=O) groups excluding carboxylic acids is 1. The molecule has 0 amide bonds. The summed E-state index contributed by atoms with van der Waals surface area (Å²) in [5, 5.41) is 0. The first-order valence-electron chi connectivity index (χ1n) is 8.26. The quantitative estimate of drug-likeness (QED) is 0.512. The molecule has 0 N–H and O–H groups in total. The highest BCUT2D eigenvalue weighted by Crippen LogP contribution is 2.27. The number of rotatable bonds is 4. The maximum atomic E-state index is 12.1. The molecule has 3 heterocycles. The molecule has 1 aromatic carbocycles. The number of esters is 1. The van der Waals surface area contributed by atoms with Crippen LogP contribution in [0.25, 0.3) is 22.6 Å². The number of methoxy groups -OCH3 is 1. The van der Waals surface area contributed by atoms with Crippen molar-refractivity contribution in [2.75, 3.05) is 7.11 Å². The van der Waals surface area contributed by atoms with Crippen LogP contribution in [0, 0.1) is 13.8 Å². The molecule has 4 aromatic rings. The number of hydrogen-bond donors (Lipinski definition) is 0. The van der Waals surface area contributed by atoms with E-state index in [0.29, 0.717) is 29.5 Å². The summed E-state index contributed by atoms with van der Waals surface area (Å²) in [5.41, 5.74) is 4.66. The third-order valence-corrected chi connectivity index (χ3v) is 4.49. The highest BCUT2D eigenvalue weighted by molar-refractivity contribution is 5.94. The molecule has 26 heavy (non-hydrogen) atoms. The maximum Gasteiger partial charge on any atom is 0.354 e. The molecule has 0 fully saturated rings. The first kappa shape index (κ1) is 16.2. The monoisotopic (exact) mass is 350 g/mol. The van der Waals surface area contributed by atoms with Crippen molar-refractivity contribution in [3.05, 3.63) is 65.4 Å². The van der Waals surface area contributed by atoms with Crippen molar-refractivity contribution in [1.82, 2.24) is 9.55 Å². The minimum atomic E-state index is -0.420. The number of fused-ring (bicyclic) bond motifs is 1. The minimum absolute atomic E-state index is 0.384. The number of ether oxygens (including phenoxy) is 1. The summed E-state index contributed by atoms with van der Waals surface area (Å²) in [7, 11) is 1.36. The van der Waals surface area contributed by atoms with Crippen LogP contribution in [0.3, 0.4) is 0 Å². The molecule has 0 radical (unpaired) electrons. The van der Waals surface area contributed by atoms with Crippen LogP contribution < -0.4 is 0 Å². The number of benzene rings is 1. The summed E-state index contributed by atoms with van der Waals surface area (Å²) in [6, 6.07) is 11.4. The second kappa shape index (κ2) is 6.22. The zero-order chi connectivity index (χ0) is 18.3. The maximum absolute atomic E-state index is 12.1. The van der Waals surface area contributed by atoms with Crippen molar-refractivity contribution < 1.29 is 18.4 Å². The molecule has 0 spiro atoms. The number of aromatic nitrogens is 2. The van der Waals surface area contributed by atoms with Gasteiger partial charge in [0.1, 0.15) is 17.1 Å². The van der Waals surface area contributed by atoms with Gasteiger partial charge in [-0.3, -0.25) is 0 Å². The van der Waals surface area contributed by atoms with E-state index in [1.54, 1.807) is 12.3 Å². The molecule has 0 bridgehead atoms. The Labute approximate surface area is 150 Å². The molecule has 6 nitrogen and oxygen atoms in total. The van der Waals surface area contributed by atoms with Crippen LogP contribution in [0.4, 0.5) is 0 Å². The molecule has 0 unspecified atom stereocenters. The van der Waals surface area contributed by atoms with E-state index >= 15 is 0 Å². The Bertz CT molecular complexity index is 1100. The summed E-state index contributed by atoms with van der Waals surface area (Å²) in [6.07, 6.45) is 1.59. The number of carbonyl (C=O) groups is 1. The van der Waals surface area contributed by atoms with Gasteiger partial charge in [0.2, 0.25) is 5.89 Å². The van der Waals surface area contributed by atoms with E-state index in [4.69, 9.17) is 13.6 Å². The first-order chi connectivity index (χ1) is 12.6. The highest BCUT2D eigenvalue weighted by Gasteiger charge is 2.21. The number of nitrogens with zero attached hydrogens (tertiary/aromatic N) is 2. The van der Waals surface area contributed by atoms with Gasteiger partial charge in [-0.25, -0.2) is 9.78 Å². The van der Waals surface area contributed by atoms with Crippen molar-refractivity contribution in [3.8, 4) is 11.5 Å². The zero-order valence-corrected chi connectivity index (χ0v) is 14.8. The summed E-state index contributed by atoms with van der Waals surface area (Å²) < 4.78 is 18.0. The third kappa shape index (κ3) is 2.60. The Morgan fingerprint density at radius 2 is 2.04 bits per heavy atom. The molecule has 6 heteroatoms. The molecule has 0 atom stereocenters. The van der Waals surface area contributed by atoms with Gasteiger partial charge in [0.25, 0.3) is 0 Å². The second-order valence-corrected chi connectivity index (χ2v) is 6.11. The predicted molar refractivity (Wildman–Crippen MR) is 96.1 cm³/mol. The topological polar surface area (TPSA) is 70.4 Å². The minimum Gasteiger partial charge on any atom is -0.464 e. The number of aryl methyl sites for hydroxylation is 2. The molecule has 3 aromatic heterocycles. The van der Waals surface area contributed by atoms with E-state index in [-0.39, 0.29) is 0 Å². The Hall–Kier alpha value is -3.28. The van der Waals surface area contributed by atoms with Crippen LogP contribution in [-0.2, 0) is 11.3 Å². The Balaban J connectivity index is 1.77. The van der Waals surface area contributed by atoms with Crippen molar-refractivity contribution in [1.29, 1.82) is 0 Å².